The van der Waals surface area contributed by atoms with Gasteiger partial charge >= 0.3 is 0 Å². The van der Waals surface area contributed by atoms with Crippen LogP contribution in [0.1, 0.15) is 24.8 Å². The molecule has 3 heteroatoms. The topological polar surface area (TPSA) is 29.1 Å². The summed E-state index contributed by atoms with van der Waals surface area (Å²) in [6, 6.07) is 2.14. The smallest absolute Gasteiger partial charge is 0.223 e. The SMILES string of the molecule is O=C1NCCCC1CCc1ccsc1. The second-order valence-corrected chi connectivity index (χ2v) is 4.58. The van der Waals surface area contributed by atoms with Crippen LogP contribution in [0.2, 0.25) is 0 Å². The van der Waals surface area contributed by atoms with Crippen LogP contribution in [0.15, 0.2) is 16.8 Å². The lowest BCUT2D eigenvalue weighted by atomic mass is 9.92. The van der Waals surface area contributed by atoms with Crippen LogP contribution in [0.25, 0.3) is 0 Å². The van der Waals surface area contributed by atoms with Gasteiger partial charge in [-0.1, -0.05) is 0 Å². The van der Waals surface area contributed by atoms with E-state index >= 15 is 0 Å². The summed E-state index contributed by atoms with van der Waals surface area (Å²) in [6.07, 6.45) is 4.25. The van der Waals surface area contributed by atoms with E-state index in [0.29, 0.717) is 0 Å². The predicted molar refractivity (Wildman–Crippen MR) is 58.4 cm³/mol. The lowest BCUT2D eigenvalue weighted by molar-refractivity contribution is -0.126. The highest BCUT2D eigenvalue weighted by molar-refractivity contribution is 7.07. The molecule has 0 spiro atoms. The summed E-state index contributed by atoms with van der Waals surface area (Å²) in [5, 5.41) is 7.19. The monoisotopic (exact) mass is 209 g/mol. The van der Waals surface area contributed by atoms with Crippen molar-refractivity contribution in [3.63, 3.8) is 0 Å². The van der Waals surface area contributed by atoms with Gasteiger partial charge in [-0.3, -0.25) is 4.79 Å². The highest BCUT2D eigenvalue weighted by atomic mass is 32.1. The molecule has 1 aliphatic heterocycles. The lowest BCUT2D eigenvalue weighted by Gasteiger charge is -2.21. The molecular weight excluding hydrogens is 194 g/mol. The molecular formula is C11H15NOS. The minimum atomic E-state index is 0.253. The number of rotatable bonds is 3. The Kier molecular flexibility index (Phi) is 3.19. The summed E-state index contributed by atoms with van der Waals surface area (Å²) >= 11 is 1.73. The Morgan fingerprint density at radius 1 is 1.57 bits per heavy atom. The third-order valence-electron chi connectivity index (χ3n) is 2.76. The van der Waals surface area contributed by atoms with Crippen LogP contribution in [0, 0.1) is 5.92 Å². The average molecular weight is 209 g/mol. The number of carbonyl (C=O) groups is 1. The van der Waals surface area contributed by atoms with Crippen LogP contribution < -0.4 is 5.32 Å². The van der Waals surface area contributed by atoms with E-state index in [9.17, 15) is 4.79 Å². The quantitative estimate of drug-likeness (QED) is 0.812. The molecule has 2 nitrogen and oxygen atoms in total. The summed E-state index contributed by atoms with van der Waals surface area (Å²) in [5.41, 5.74) is 1.37. The first-order chi connectivity index (χ1) is 6.86. The van der Waals surface area contributed by atoms with Gasteiger partial charge in [0.1, 0.15) is 0 Å². The number of hydrogen-bond donors (Lipinski definition) is 1. The Morgan fingerprint density at radius 3 is 3.21 bits per heavy atom. The number of nitrogens with one attached hydrogen (secondary N) is 1. The summed E-state index contributed by atoms with van der Waals surface area (Å²) in [5.74, 6) is 0.509. The zero-order chi connectivity index (χ0) is 9.80. The molecule has 1 N–H and O–H groups in total. The lowest BCUT2D eigenvalue weighted by Crippen LogP contribution is -2.36. The molecule has 76 valence electrons. The van der Waals surface area contributed by atoms with Gasteiger partial charge in [0.2, 0.25) is 5.91 Å². The number of piperidine rings is 1. The van der Waals surface area contributed by atoms with Crippen molar-refractivity contribution >= 4 is 17.2 Å². The van der Waals surface area contributed by atoms with Crippen LogP contribution in [-0.2, 0) is 11.2 Å². The van der Waals surface area contributed by atoms with Crippen molar-refractivity contribution in [3.05, 3.63) is 22.4 Å². The molecule has 1 amide bonds. The fraction of sp³-hybridized carbons (Fsp3) is 0.545. The first-order valence-electron chi connectivity index (χ1n) is 5.15. The summed E-state index contributed by atoms with van der Waals surface area (Å²) in [6.45, 7) is 0.869. The molecule has 1 saturated heterocycles. The van der Waals surface area contributed by atoms with E-state index in [1.54, 1.807) is 11.3 Å². The minimum Gasteiger partial charge on any atom is -0.356 e. The molecule has 1 unspecified atom stereocenters. The number of amides is 1. The van der Waals surface area contributed by atoms with Gasteiger partial charge < -0.3 is 5.32 Å². The molecule has 0 bridgehead atoms. The Bertz CT molecular complexity index is 294. The van der Waals surface area contributed by atoms with E-state index in [1.165, 1.54) is 5.56 Å². The molecule has 14 heavy (non-hydrogen) atoms. The van der Waals surface area contributed by atoms with Gasteiger partial charge in [0.15, 0.2) is 0 Å². The molecule has 0 aromatic carbocycles. The second kappa shape index (κ2) is 4.60. The average Bonchev–Trinajstić information content (AvgIpc) is 2.69. The molecule has 0 aliphatic carbocycles. The van der Waals surface area contributed by atoms with E-state index in [4.69, 9.17) is 0 Å². The van der Waals surface area contributed by atoms with Gasteiger partial charge in [-0.25, -0.2) is 0 Å². The van der Waals surface area contributed by atoms with Crippen LogP contribution in [0.3, 0.4) is 0 Å². The summed E-state index contributed by atoms with van der Waals surface area (Å²) in [4.78, 5) is 11.4. The van der Waals surface area contributed by atoms with E-state index in [-0.39, 0.29) is 11.8 Å². The van der Waals surface area contributed by atoms with Crippen LogP contribution in [0.4, 0.5) is 0 Å². The maximum Gasteiger partial charge on any atom is 0.223 e. The number of aryl methyl sites for hydroxylation is 1. The van der Waals surface area contributed by atoms with Gasteiger partial charge in [-0.2, -0.15) is 11.3 Å². The Balaban J connectivity index is 1.82. The maximum atomic E-state index is 11.4. The van der Waals surface area contributed by atoms with Crippen molar-refractivity contribution < 1.29 is 4.79 Å². The summed E-state index contributed by atoms with van der Waals surface area (Å²) in [7, 11) is 0. The fourth-order valence-electron chi connectivity index (χ4n) is 1.89. The molecule has 0 saturated carbocycles. The first-order valence-corrected chi connectivity index (χ1v) is 6.09. The van der Waals surface area contributed by atoms with Crippen molar-refractivity contribution in [2.24, 2.45) is 5.92 Å². The molecule has 1 fully saturated rings. The Morgan fingerprint density at radius 2 is 2.50 bits per heavy atom. The third kappa shape index (κ3) is 2.35. The first kappa shape index (κ1) is 9.71. The third-order valence-corrected chi connectivity index (χ3v) is 3.49. The van der Waals surface area contributed by atoms with Crippen molar-refractivity contribution in [1.29, 1.82) is 0 Å². The van der Waals surface area contributed by atoms with E-state index in [1.807, 2.05) is 0 Å². The standard InChI is InChI=1S/C11H15NOS/c13-11-10(2-1-6-12-11)4-3-9-5-7-14-8-9/h5,7-8,10H,1-4,6H2,(H,12,13). The number of hydrogen-bond acceptors (Lipinski definition) is 2. The zero-order valence-corrected chi connectivity index (χ0v) is 8.98. The van der Waals surface area contributed by atoms with Crippen LogP contribution in [0.5, 0.6) is 0 Å². The van der Waals surface area contributed by atoms with Gasteiger partial charge in [0.05, 0.1) is 0 Å². The van der Waals surface area contributed by atoms with Gasteiger partial charge in [-0.05, 0) is 48.1 Å². The molecule has 1 aromatic heterocycles. The molecule has 1 atom stereocenters. The van der Waals surface area contributed by atoms with Gasteiger partial charge in [-0.15, -0.1) is 0 Å². The Labute approximate surface area is 88.3 Å². The van der Waals surface area contributed by atoms with Crippen molar-refractivity contribution in [1.82, 2.24) is 5.32 Å². The summed E-state index contributed by atoms with van der Waals surface area (Å²) < 4.78 is 0. The molecule has 1 aliphatic rings. The van der Waals surface area contributed by atoms with Crippen molar-refractivity contribution in [2.45, 2.75) is 25.7 Å². The maximum absolute atomic E-state index is 11.4. The zero-order valence-electron chi connectivity index (χ0n) is 8.16. The van der Waals surface area contributed by atoms with Crippen molar-refractivity contribution in [2.75, 3.05) is 6.54 Å². The molecule has 0 radical (unpaired) electrons. The van der Waals surface area contributed by atoms with Crippen molar-refractivity contribution in [3.8, 4) is 0 Å². The normalized spacial score (nSPS) is 22.0. The van der Waals surface area contributed by atoms with E-state index < -0.39 is 0 Å². The van der Waals surface area contributed by atoms with Crippen LogP contribution in [-0.4, -0.2) is 12.5 Å². The highest BCUT2D eigenvalue weighted by Gasteiger charge is 2.21. The number of carbonyl (C=O) groups excluding carboxylic acids is 1. The fourth-order valence-corrected chi connectivity index (χ4v) is 2.59. The second-order valence-electron chi connectivity index (χ2n) is 3.80. The van der Waals surface area contributed by atoms with Gasteiger partial charge in [0.25, 0.3) is 0 Å². The molecule has 2 rings (SSSR count). The minimum absolute atomic E-state index is 0.253. The van der Waals surface area contributed by atoms with E-state index in [2.05, 4.69) is 22.1 Å². The molecule has 1 aromatic rings. The van der Waals surface area contributed by atoms with Crippen LogP contribution >= 0.6 is 11.3 Å². The number of thiophene rings is 1. The predicted octanol–water partition coefficient (Wildman–Crippen LogP) is 2.21. The Hall–Kier alpha value is -0.830. The van der Waals surface area contributed by atoms with E-state index in [0.717, 1.165) is 32.2 Å². The largest absolute Gasteiger partial charge is 0.356 e. The highest BCUT2D eigenvalue weighted by Crippen LogP contribution is 2.19. The van der Waals surface area contributed by atoms with Gasteiger partial charge in [0, 0.05) is 12.5 Å². The molecule has 2 heterocycles.